The summed E-state index contributed by atoms with van der Waals surface area (Å²) < 4.78 is 5.48. The Morgan fingerprint density at radius 3 is 2.47 bits per heavy atom. The molecule has 0 fully saturated rings. The van der Waals surface area contributed by atoms with Gasteiger partial charge < -0.3 is 4.74 Å². The second kappa shape index (κ2) is 9.01. The first-order valence-corrected chi connectivity index (χ1v) is 8.38. The fraction of sp³-hybridized carbons (Fsp3) is 0. The van der Waals surface area contributed by atoms with Crippen LogP contribution in [0.4, 0.5) is 11.4 Å². The maximum absolute atomic E-state index is 11.9. The van der Waals surface area contributed by atoms with E-state index in [1.165, 1.54) is 30.6 Å². The summed E-state index contributed by atoms with van der Waals surface area (Å²) in [5.74, 6) is -0.260. The van der Waals surface area contributed by atoms with Gasteiger partial charge in [-0.1, -0.05) is 0 Å². The van der Waals surface area contributed by atoms with Crippen molar-refractivity contribution in [3.8, 4) is 11.5 Å². The maximum Gasteiger partial charge on any atom is 0.318 e. The predicted octanol–water partition coefficient (Wildman–Crippen LogP) is 3.45. The molecule has 3 aromatic rings. The minimum Gasteiger partial charge on any atom is -0.450 e. The van der Waals surface area contributed by atoms with Crippen molar-refractivity contribution in [3.05, 3.63) is 98.3 Å². The monoisotopic (exact) mass is 407 g/mol. The second-order valence-corrected chi connectivity index (χ2v) is 5.78. The zero-order valence-electron chi connectivity index (χ0n) is 15.2. The fourth-order valence-corrected chi connectivity index (χ4v) is 2.32. The van der Waals surface area contributed by atoms with Gasteiger partial charge in [0.2, 0.25) is 5.75 Å². The van der Waals surface area contributed by atoms with Gasteiger partial charge in [0.15, 0.2) is 0 Å². The van der Waals surface area contributed by atoms with Crippen LogP contribution in [0.15, 0.2) is 72.1 Å². The van der Waals surface area contributed by atoms with Crippen LogP contribution in [0.25, 0.3) is 0 Å². The number of non-ortho nitro benzene ring substituents is 1. The van der Waals surface area contributed by atoms with Crippen molar-refractivity contribution in [1.29, 1.82) is 0 Å². The molecule has 0 spiro atoms. The van der Waals surface area contributed by atoms with Crippen molar-refractivity contribution in [1.82, 2.24) is 10.4 Å². The second-order valence-electron chi connectivity index (χ2n) is 5.78. The van der Waals surface area contributed by atoms with Crippen molar-refractivity contribution in [2.24, 2.45) is 5.10 Å². The molecule has 150 valence electrons. The van der Waals surface area contributed by atoms with Crippen LogP contribution in [0, 0.1) is 20.2 Å². The van der Waals surface area contributed by atoms with E-state index in [0.717, 1.165) is 12.1 Å². The van der Waals surface area contributed by atoms with Crippen molar-refractivity contribution in [3.63, 3.8) is 0 Å². The summed E-state index contributed by atoms with van der Waals surface area (Å²) in [6, 6.07) is 12.7. The molecule has 1 aromatic heterocycles. The number of pyridine rings is 1. The number of hydrogen-bond donors (Lipinski definition) is 1. The lowest BCUT2D eigenvalue weighted by Crippen LogP contribution is -2.17. The molecule has 0 aliphatic rings. The molecule has 2 aromatic carbocycles. The zero-order chi connectivity index (χ0) is 21.5. The van der Waals surface area contributed by atoms with Gasteiger partial charge in [0, 0.05) is 18.5 Å². The molecule has 11 heteroatoms. The molecule has 0 atom stereocenters. The van der Waals surface area contributed by atoms with Crippen LogP contribution in [-0.2, 0) is 0 Å². The molecule has 0 saturated heterocycles. The average Bonchev–Trinajstić information content (AvgIpc) is 2.75. The van der Waals surface area contributed by atoms with Crippen molar-refractivity contribution in [2.45, 2.75) is 0 Å². The third kappa shape index (κ3) is 4.98. The lowest BCUT2D eigenvalue weighted by atomic mass is 10.2. The minimum atomic E-state index is -0.756. The van der Waals surface area contributed by atoms with E-state index in [2.05, 4.69) is 15.5 Å². The van der Waals surface area contributed by atoms with Crippen molar-refractivity contribution >= 4 is 23.5 Å². The maximum atomic E-state index is 11.9. The summed E-state index contributed by atoms with van der Waals surface area (Å²) in [6.07, 6.45) is 4.37. The molecule has 0 aliphatic carbocycles. The van der Waals surface area contributed by atoms with Gasteiger partial charge in [0.25, 0.3) is 11.6 Å². The first kappa shape index (κ1) is 20.1. The molecule has 3 rings (SSSR count). The quantitative estimate of drug-likeness (QED) is 0.358. The van der Waals surface area contributed by atoms with Gasteiger partial charge in [-0.15, -0.1) is 0 Å². The highest BCUT2D eigenvalue weighted by molar-refractivity contribution is 5.94. The van der Waals surface area contributed by atoms with E-state index in [0.29, 0.717) is 11.1 Å². The Labute approximate surface area is 168 Å². The lowest BCUT2D eigenvalue weighted by molar-refractivity contribution is -0.394. The summed E-state index contributed by atoms with van der Waals surface area (Å²) in [6.45, 7) is 0. The van der Waals surface area contributed by atoms with Crippen LogP contribution < -0.4 is 10.2 Å². The molecule has 30 heavy (non-hydrogen) atoms. The number of benzene rings is 2. The Balaban J connectivity index is 1.67. The third-order valence-electron chi connectivity index (χ3n) is 3.76. The number of hydrogen-bond acceptors (Lipinski definition) is 8. The number of amides is 1. The third-order valence-corrected chi connectivity index (χ3v) is 3.76. The van der Waals surface area contributed by atoms with E-state index in [4.69, 9.17) is 4.74 Å². The van der Waals surface area contributed by atoms with E-state index < -0.39 is 27.1 Å². The topological polar surface area (TPSA) is 150 Å². The Kier molecular flexibility index (Phi) is 6.03. The molecule has 1 N–H and O–H groups in total. The van der Waals surface area contributed by atoms with Crippen LogP contribution >= 0.6 is 0 Å². The molecule has 0 aliphatic heterocycles. The van der Waals surface area contributed by atoms with E-state index in [1.807, 2.05) is 0 Å². The molecule has 0 radical (unpaired) electrons. The van der Waals surface area contributed by atoms with Crippen LogP contribution in [0.2, 0.25) is 0 Å². The van der Waals surface area contributed by atoms with Crippen LogP contribution in [0.5, 0.6) is 11.5 Å². The summed E-state index contributed by atoms with van der Waals surface area (Å²) in [7, 11) is 0. The lowest BCUT2D eigenvalue weighted by Gasteiger charge is -2.06. The van der Waals surface area contributed by atoms with Gasteiger partial charge in [0.1, 0.15) is 5.75 Å². The number of aromatic nitrogens is 1. The number of carbonyl (C=O) groups excluding carboxylic acids is 1. The van der Waals surface area contributed by atoms with Gasteiger partial charge in [-0.25, -0.2) is 5.43 Å². The van der Waals surface area contributed by atoms with Gasteiger partial charge >= 0.3 is 5.69 Å². The highest BCUT2D eigenvalue weighted by Gasteiger charge is 2.21. The Bertz CT molecular complexity index is 1120. The molecular weight excluding hydrogens is 394 g/mol. The van der Waals surface area contributed by atoms with Gasteiger partial charge in [0.05, 0.1) is 27.7 Å². The average molecular weight is 407 g/mol. The first-order chi connectivity index (χ1) is 14.4. The summed E-state index contributed by atoms with van der Waals surface area (Å²) >= 11 is 0. The number of nitrogens with zero attached hydrogens (tertiary/aromatic N) is 4. The molecule has 0 saturated carbocycles. The van der Waals surface area contributed by atoms with E-state index in [9.17, 15) is 25.0 Å². The van der Waals surface area contributed by atoms with E-state index in [-0.39, 0.29) is 11.5 Å². The molecule has 0 bridgehead atoms. The highest BCUT2D eigenvalue weighted by Crippen LogP contribution is 2.34. The Hall–Kier alpha value is -4.67. The van der Waals surface area contributed by atoms with Gasteiger partial charge in [-0.05, 0) is 48.0 Å². The van der Waals surface area contributed by atoms with Crippen LogP contribution in [0.3, 0.4) is 0 Å². The van der Waals surface area contributed by atoms with Crippen molar-refractivity contribution in [2.75, 3.05) is 0 Å². The first-order valence-electron chi connectivity index (χ1n) is 8.38. The smallest absolute Gasteiger partial charge is 0.318 e. The van der Waals surface area contributed by atoms with E-state index in [1.54, 1.807) is 30.5 Å². The molecular formula is C19H13N5O6. The molecule has 1 heterocycles. The standard InChI is InChI=1S/C19H13N5O6/c25-19(14-2-1-9-20-12-14)22-21-11-13-3-6-16(7-4-13)30-18-8-5-15(23(26)27)10-17(18)24(28)29/h1-12H,(H,22,25)/b21-11-. The minimum absolute atomic E-state index is 0.129. The van der Waals surface area contributed by atoms with E-state index >= 15 is 0 Å². The molecule has 1 amide bonds. The highest BCUT2D eigenvalue weighted by atomic mass is 16.6. The predicted molar refractivity (Wildman–Crippen MR) is 106 cm³/mol. The number of ether oxygens (including phenoxy) is 1. The Morgan fingerprint density at radius 2 is 1.83 bits per heavy atom. The van der Waals surface area contributed by atoms with Crippen LogP contribution in [-0.4, -0.2) is 27.0 Å². The van der Waals surface area contributed by atoms with Gasteiger partial charge in [-0.2, -0.15) is 5.10 Å². The summed E-state index contributed by atoms with van der Waals surface area (Å²) in [5, 5.41) is 25.8. The Morgan fingerprint density at radius 1 is 1.07 bits per heavy atom. The number of rotatable bonds is 7. The van der Waals surface area contributed by atoms with Gasteiger partial charge in [-0.3, -0.25) is 30.0 Å². The number of nitro groups is 2. The zero-order valence-corrected chi connectivity index (χ0v) is 15.2. The molecule has 0 unspecified atom stereocenters. The number of nitrogens with one attached hydrogen (secondary N) is 1. The number of hydrazone groups is 1. The van der Waals surface area contributed by atoms with Crippen molar-refractivity contribution < 1.29 is 19.4 Å². The number of carbonyl (C=O) groups is 1. The number of nitro benzene ring substituents is 2. The summed E-state index contributed by atoms with van der Waals surface area (Å²) in [5.41, 5.74) is 2.43. The largest absolute Gasteiger partial charge is 0.450 e. The normalized spacial score (nSPS) is 10.5. The fourth-order valence-electron chi connectivity index (χ4n) is 2.32. The van der Waals surface area contributed by atoms with Crippen LogP contribution in [0.1, 0.15) is 15.9 Å². The summed E-state index contributed by atoms with van der Waals surface area (Å²) in [4.78, 5) is 36.2. The molecule has 11 nitrogen and oxygen atoms in total. The SMILES string of the molecule is O=C(N/N=C\c1ccc(Oc2ccc([N+](=O)[O-])cc2[N+](=O)[O-])cc1)c1cccnc1.